The van der Waals surface area contributed by atoms with Gasteiger partial charge in [-0.25, -0.2) is 4.79 Å². The molecule has 0 aliphatic rings. The second-order valence-corrected chi connectivity index (χ2v) is 9.28. The molecule has 0 aliphatic heterocycles. The highest BCUT2D eigenvalue weighted by Crippen LogP contribution is 2.23. The first-order valence-corrected chi connectivity index (χ1v) is 11.5. The van der Waals surface area contributed by atoms with Crippen LogP contribution < -0.4 is 5.32 Å². The van der Waals surface area contributed by atoms with Crippen LogP contribution in [-0.2, 0) is 40.1 Å². The van der Waals surface area contributed by atoms with Crippen LogP contribution in [-0.4, -0.2) is 24.8 Å². The maximum absolute atomic E-state index is 12.0. The zero-order valence-electron chi connectivity index (χ0n) is 20.4. The molecule has 0 aromatic heterocycles. The van der Waals surface area contributed by atoms with Gasteiger partial charge in [0.1, 0.15) is 5.60 Å². The number of amides is 1. The summed E-state index contributed by atoms with van der Waals surface area (Å²) in [5, 5.41) is 2.81. The van der Waals surface area contributed by atoms with Crippen molar-refractivity contribution in [3.05, 3.63) is 95.1 Å². The molecule has 0 fully saturated rings. The third kappa shape index (κ3) is 7.77. The second-order valence-electron chi connectivity index (χ2n) is 9.28. The zero-order valence-corrected chi connectivity index (χ0v) is 20.4. The van der Waals surface area contributed by atoms with Crippen molar-refractivity contribution in [2.45, 2.75) is 52.2 Å². The molecule has 34 heavy (non-hydrogen) atoms. The molecule has 178 valence electrons. The Balaban J connectivity index is 1.67. The number of carbonyl (C=O) groups is 2. The molecule has 5 heteroatoms. The molecule has 0 saturated carbocycles. The lowest BCUT2D eigenvalue weighted by Crippen LogP contribution is -2.32. The van der Waals surface area contributed by atoms with Gasteiger partial charge in [0.15, 0.2) is 0 Å². The fourth-order valence-corrected chi connectivity index (χ4v) is 3.74. The fraction of sp³-hybridized carbons (Fsp3) is 0.310. The molecule has 0 radical (unpaired) electrons. The zero-order chi connectivity index (χ0) is 24.6. The number of aryl methyl sites for hydroxylation is 2. The SMILES string of the molecule is COC(=O)Cc1ccccc1CCc1cccc(-c2cccc(CNC(=O)OC(C)(C)C)c2)c1. The van der Waals surface area contributed by atoms with Crippen LogP contribution in [0, 0.1) is 0 Å². The summed E-state index contributed by atoms with van der Waals surface area (Å²) in [6.07, 6.45) is 1.58. The van der Waals surface area contributed by atoms with Gasteiger partial charge in [-0.05, 0) is 73.1 Å². The minimum atomic E-state index is -0.522. The minimum Gasteiger partial charge on any atom is -0.469 e. The number of benzene rings is 3. The number of hydrogen-bond acceptors (Lipinski definition) is 4. The van der Waals surface area contributed by atoms with Crippen molar-refractivity contribution in [1.82, 2.24) is 5.32 Å². The topological polar surface area (TPSA) is 64.6 Å². The normalized spacial score (nSPS) is 11.1. The Bertz CT molecular complexity index is 1130. The van der Waals surface area contributed by atoms with Crippen LogP contribution in [0.15, 0.2) is 72.8 Å². The molecule has 0 atom stereocenters. The number of rotatable bonds is 8. The summed E-state index contributed by atoms with van der Waals surface area (Å²) in [6.45, 7) is 5.94. The Hall–Kier alpha value is -3.60. The largest absolute Gasteiger partial charge is 0.469 e. The molecule has 1 N–H and O–H groups in total. The van der Waals surface area contributed by atoms with E-state index < -0.39 is 11.7 Å². The number of hydrogen-bond donors (Lipinski definition) is 1. The summed E-state index contributed by atoms with van der Waals surface area (Å²) in [6, 6.07) is 24.6. The summed E-state index contributed by atoms with van der Waals surface area (Å²) < 4.78 is 10.1. The van der Waals surface area contributed by atoms with Crippen molar-refractivity contribution in [2.75, 3.05) is 7.11 Å². The molecule has 3 aromatic carbocycles. The van der Waals surface area contributed by atoms with E-state index in [2.05, 4.69) is 47.8 Å². The first kappa shape index (κ1) is 25.0. The smallest absolute Gasteiger partial charge is 0.407 e. The van der Waals surface area contributed by atoms with E-state index in [1.807, 2.05) is 51.1 Å². The molecule has 0 aliphatic carbocycles. The number of carbonyl (C=O) groups excluding carboxylic acids is 2. The van der Waals surface area contributed by atoms with Gasteiger partial charge in [0, 0.05) is 6.54 Å². The van der Waals surface area contributed by atoms with Gasteiger partial charge in [-0.15, -0.1) is 0 Å². The van der Waals surface area contributed by atoms with E-state index in [-0.39, 0.29) is 12.4 Å². The summed E-state index contributed by atoms with van der Waals surface area (Å²) in [5.74, 6) is -0.226. The third-order valence-electron chi connectivity index (χ3n) is 5.39. The second kappa shape index (κ2) is 11.5. The monoisotopic (exact) mass is 459 g/mol. The van der Waals surface area contributed by atoms with E-state index in [1.165, 1.54) is 12.7 Å². The highest BCUT2D eigenvalue weighted by Gasteiger charge is 2.15. The van der Waals surface area contributed by atoms with Crippen LogP contribution in [0.25, 0.3) is 11.1 Å². The van der Waals surface area contributed by atoms with E-state index in [0.717, 1.165) is 40.7 Å². The van der Waals surface area contributed by atoms with Crippen LogP contribution in [0.5, 0.6) is 0 Å². The summed E-state index contributed by atoms with van der Waals surface area (Å²) in [7, 11) is 1.42. The number of ether oxygens (including phenoxy) is 2. The van der Waals surface area contributed by atoms with Gasteiger partial charge >= 0.3 is 12.1 Å². The van der Waals surface area contributed by atoms with Gasteiger partial charge in [0.25, 0.3) is 0 Å². The molecule has 0 unspecified atom stereocenters. The molecular formula is C29H33NO4. The van der Waals surface area contributed by atoms with Gasteiger partial charge in [-0.2, -0.15) is 0 Å². The van der Waals surface area contributed by atoms with Crippen molar-refractivity contribution in [3.8, 4) is 11.1 Å². The quantitative estimate of drug-likeness (QED) is 0.427. The van der Waals surface area contributed by atoms with Gasteiger partial charge in [-0.3, -0.25) is 4.79 Å². The Morgan fingerprint density at radius 3 is 2.06 bits per heavy atom. The number of methoxy groups -OCH3 is 1. The van der Waals surface area contributed by atoms with Crippen molar-refractivity contribution in [1.29, 1.82) is 0 Å². The first-order chi connectivity index (χ1) is 16.2. The average molecular weight is 460 g/mol. The van der Waals surface area contributed by atoms with Crippen LogP contribution >= 0.6 is 0 Å². The summed E-state index contributed by atoms with van der Waals surface area (Å²) in [4.78, 5) is 23.7. The highest BCUT2D eigenvalue weighted by molar-refractivity contribution is 5.73. The number of esters is 1. The van der Waals surface area contributed by atoms with E-state index in [0.29, 0.717) is 6.54 Å². The molecule has 0 spiro atoms. The van der Waals surface area contributed by atoms with Gasteiger partial charge in [0.2, 0.25) is 0 Å². The van der Waals surface area contributed by atoms with E-state index >= 15 is 0 Å². The van der Waals surface area contributed by atoms with Crippen molar-refractivity contribution in [3.63, 3.8) is 0 Å². The summed E-state index contributed by atoms with van der Waals surface area (Å²) in [5.41, 5.74) is 6.10. The van der Waals surface area contributed by atoms with Gasteiger partial charge in [0.05, 0.1) is 13.5 Å². The molecule has 3 rings (SSSR count). The predicted molar refractivity (Wildman–Crippen MR) is 135 cm³/mol. The van der Waals surface area contributed by atoms with Crippen LogP contribution in [0.2, 0.25) is 0 Å². The molecule has 1 amide bonds. The van der Waals surface area contributed by atoms with E-state index in [1.54, 1.807) is 0 Å². The lowest BCUT2D eigenvalue weighted by atomic mass is 9.96. The standard InChI is InChI=1S/C29H33NO4/c1-29(2,3)34-28(32)30-20-22-10-8-14-25(18-22)24-13-7-9-21(17-24)15-16-23-11-5-6-12-26(23)19-27(31)33-4/h5-14,17-18H,15-16,19-20H2,1-4H3,(H,30,32). The average Bonchev–Trinajstić information content (AvgIpc) is 2.81. The Kier molecular flexibility index (Phi) is 8.47. The maximum atomic E-state index is 12.0. The third-order valence-corrected chi connectivity index (χ3v) is 5.39. The van der Waals surface area contributed by atoms with Crippen LogP contribution in [0.1, 0.15) is 43.0 Å². The van der Waals surface area contributed by atoms with Gasteiger partial charge in [-0.1, -0.05) is 66.7 Å². The minimum absolute atomic E-state index is 0.226. The van der Waals surface area contributed by atoms with Crippen LogP contribution in [0.4, 0.5) is 4.79 Å². The lowest BCUT2D eigenvalue weighted by molar-refractivity contribution is -0.139. The van der Waals surface area contributed by atoms with Crippen molar-refractivity contribution in [2.24, 2.45) is 0 Å². The predicted octanol–water partition coefficient (Wildman–Crippen LogP) is 5.88. The van der Waals surface area contributed by atoms with Gasteiger partial charge < -0.3 is 14.8 Å². The van der Waals surface area contributed by atoms with Crippen molar-refractivity contribution >= 4 is 12.1 Å². The molecule has 0 saturated heterocycles. The molecule has 3 aromatic rings. The molecule has 5 nitrogen and oxygen atoms in total. The lowest BCUT2D eigenvalue weighted by Gasteiger charge is -2.19. The Labute approximate surface area is 202 Å². The maximum Gasteiger partial charge on any atom is 0.407 e. The van der Waals surface area contributed by atoms with E-state index in [4.69, 9.17) is 9.47 Å². The Morgan fingerprint density at radius 2 is 1.41 bits per heavy atom. The summed E-state index contributed by atoms with van der Waals surface area (Å²) >= 11 is 0. The molecule has 0 bridgehead atoms. The Morgan fingerprint density at radius 1 is 0.794 bits per heavy atom. The fourth-order valence-electron chi connectivity index (χ4n) is 3.74. The van der Waals surface area contributed by atoms with Crippen LogP contribution in [0.3, 0.4) is 0 Å². The number of nitrogens with one attached hydrogen (secondary N) is 1. The first-order valence-electron chi connectivity index (χ1n) is 11.5. The van der Waals surface area contributed by atoms with Crippen molar-refractivity contribution < 1.29 is 19.1 Å². The van der Waals surface area contributed by atoms with E-state index in [9.17, 15) is 9.59 Å². The molecular weight excluding hydrogens is 426 g/mol. The number of alkyl carbamates (subject to hydrolysis) is 1. The molecule has 0 heterocycles. The highest BCUT2D eigenvalue weighted by atomic mass is 16.6.